The lowest BCUT2D eigenvalue weighted by atomic mass is 10.3. The highest BCUT2D eigenvalue weighted by Crippen LogP contribution is 1.95. The Morgan fingerprint density at radius 2 is 2.06 bits per heavy atom. The molecule has 0 radical (unpaired) electrons. The molecule has 4 nitrogen and oxygen atoms in total. The van der Waals surface area contributed by atoms with E-state index in [-0.39, 0.29) is 24.8 Å². The summed E-state index contributed by atoms with van der Waals surface area (Å²) < 4.78 is 2.09. The van der Waals surface area contributed by atoms with E-state index in [2.05, 4.69) is 25.9 Å². The molecule has 0 aliphatic rings. The Balaban J connectivity index is 0.00000144. The fourth-order valence-electron chi connectivity index (χ4n) is 1.54. The molecule has 6 heteroatoms. The van der Waals surface area contributed by atoms with Gasteiger partial charge in [-0.2, -0.15) is 0 Å². The fraction of sp³-hybridized carbons (Fsp3) is 0.333. The number of hydrogen-bond donors (Lipinski definition) is 1. The number of rotatable bonds is 6. The van der Waals surface area contributed by atoms with Crippen LogP contribution in [0, 0.1) is 0 Å². The predicted octanol–water partition coefficient (Wildman–Crippen LogP) is 2.30. The summed E-state index contributed by atoms with van der Waals surface area (Å²) in [5.41, 5.74) is 1.23. The van der Waals surface area contributed by atoms with Gasteiger partial charge in [-0.05, 0) is 24.6 Å². The normalized spacial score (nSPS) is 9.33. The molecule has 2 rings (SSSR count). The van der Waals surface area contributed by atoms with E-state index in [0.29, 0.717) is 0 Å². The first-order valence-corrected chi connectivity index (χ1v) is 5.50. The van der Waals surface area contributed by atoms with Gasteiger partial charge in [-0.1, -0.05) is 6.07 Å². The number of imidazole rings is 1. The van der Waals surface area contributed by atoms with Gasteiger partial charge < -0.3 is 9.88 Å². The van der Waals surface area contributed by atoms with Crippen LogP contribution in [-0.4, -0.2) is 21.1 Å². The van der Waals surface area contributed by atoms with Gasteiger partial charge in [-0.25, -0.2) is 4.98 Å². The van der Waals surface area contributed by atoms with E-state index in [0.717, 1.165) is 26.1 Å². The van der Waals surface area contributed by atoms with Crippen molar-refractivity contribution in [1.29, 1.82) is 0 Å². The van der Waals surface area contributed by atoms with Crippen LogP contribution in [0.25, 0.3) is 0 Å². The summed E-state index contributed by atoms with van der Waals surface area (Å²) in [4.78, 5) is 8.07. The van der Waals surface area contributed by atoms with Crippen molar-refractivity contribution in [1.82, 2.24) is 19.9 Å². The van der Waals surface area contributed by atoms with Crippen LogP contribution in [0.5, 0.6) is 0 Å². The van der Waals surface area contributed by atoms with Crippen LogP contribution in [0.3, 0.4) is 0 Å². The Hall–Kier alpha value is -1.10. The summed E-state index contributed by atoms with van der Waals surface area (Å²) in [5.74, 6) is 0. The molecule has 0 spiro atoms. The van der Waals surface area contributed by atoms with Crippen LogP contribution in [0.1, 0.15) is 12.0 Å². The Morgan fingerprint density at radius 1 is 1.17 bits per heavy atom. The van der Waals surface area contributed by atoms with Crippen molar-refractivity contribution in [2.24, 2.45) is 0 Å². The molecule has 0 bridgehead atoms. The minimum absolute atomic E-state index is 0. The lowest BCUT2D eigenvalue weighted by Crippen LogP contribution is -2.16. The third-order valence-corrected chi connectivity index (χ3v) is 2.38. The molecule has 0 saturated heterocycles. The molecule has 1 N–H and O–H groups in total. The van der Waals surface area contributed by atoms with Gasteiger partial charge in [0.2, 0.25) is 0 Å². The van der Waals surface area contributed by atoms with E-state index >= 15 is 0 Å². The molecule has 0 amide bonds. The average Bonchev–Trinajstić information content (AvgIpc) is 2.83. The van der Waals surface area contributed by atoms with Crippen molar-refractivity contribution in [2.75, 3.05) is 6.54 Å². The number of hydrogen-bond acceptors (Lipinski definition) is 3. The third-order valence-electron chi connectivity index (χ3n) is 2.38. The molecule has 0 aromatic carbocycles. The second-order valence-corrected chi connectivity index (χ2v) is 3.69. The molecule has 2 aromatic rings. The topological polar surface area (TPSA) is 42.7 Å². The summed E-state index contributed by atoms with van der Waals surface area (Å²) in [6.45, 7) is 2.91. The molecule has 2 heterocycles. The Morgan fingerprint density at radius 3 is 2.72 bits per heavy atom. The minimum Gasteiger partial charge on any atom is -0.337 e. The summed E-state index contributed by atoms with van der Waals surface area (Å²) >= 11 is 0. The van der Waals surface area contributed by atoms with Crippen molar-refractivity contribution >= 4 is 24.8 Å². The van der Waals surface area contributed by atoms with Crippen LogP contribution in [0.4, 0.5) is 0 Å². The largest absolute Gasteiger partial charge is 0.337 e. The molecular weight excluding hydrogens is 271 g/mol. The van der Waals surface area contributed by atoms with Gasteiger partial charge in [-0.15, -0.1) is 24.8 Å². The smallest absolute Gasteiger partial charge is 0.0945 e. The number of pyridine rings is 1. The predicted molar refractivity (Wildman–Crippen MR) is 77.3 cm³/mol. The highest BCUT2D eigenvalue weighted by Gasteiger charge is 1.92. The summed E-state index contributed by atoms with van der Waals surface area (Å²) in [6.07, 6.45) is 10.4. The van der Waals surface area contributed by atoms with Gasteiger partial charge in [0, 0.05) is 37.9 Å². The van der Waals surface area contributed by atoms with Gasteiger partial charge in [0.15, 0.2) is 0 Å². The molecule has 0 aliphatic carbocycles. The standard InChI is InChI=1S/C12H16N4.2ClH/c1-3-12(9-13-4-1)10-14-5-2-7-16-8-6-15-11-16;;/h1,3-4,6,8-9,11,14H,2,5,7,10H2;2*1H. The van der Waals surface area contributed by atoms with Crippen molar-refractivity contribution in [2.45, 2.75) is 19.5 Å². The zero-order valence-electron chi connectivity index (χ0n) is 10.0. The highest BCUT2D eigenvalue weighted by atomic mass is 35.5. The number of aromatic nitrogens is 3. The van der Waals surface area contributed by atoms with Gasteiger partial charge in [-0.3, -0.25) is 4.98 Å². The molecule has 0 aliphatic heterocycles. The summed E-state index contributed by atoms with van der Waals surface area (Å²) in [5, 5.41) is 3.39. The minimum atomic E-state index is 0. The van der Waals surface area contributed by atoms with E-state index < -0.39 is 0 Å². The Labute approximate surface area is 120 Å². The van der Waals surface area contributed by atoms with E-state index in [1.807, 2.05) is 31.0 Å². The number of halogens is 2. The molecule has 18 heavy (non-hydrogen) atoms. The maximum Gasteiger partial charge on any atom is 0.0945 e. The SMILES string of the molecule is Cl.Cl.c1cncc(CNCCCn2ccnc2)c1. The third kappa shape index (κ3) is 6.00. The van der Waals surface area contributed by atoms with Crippen molar-refractivity contribution < 1.29 is 0 Å². The van der Waals surface area contributed by atoms with E-state index in [9.17, 15) is 0 Å². The van der Waals surface area contributed by atoms with Crippen LogP contribution in [-0.2, 0) is 13.1 Å². The van der Waals surface area contributed by atoms with Crippen LogP contribution in [0.2, 0.25) is 0 Å². The first-order valence-electron chi connectivity index (χ1n) is 5.50. The average molecular weight is 289 g/mol. The fourth-order valence-corrected chi connectivity index (χ4v) is 1.54. The zero-order chi connectivity index (χ0) is 11.1. The van der Waals surface area contributed by atoms with Crippen LogP contribution in [0.15, 0.2) is 43.2 Å². The summed E-state index contributed by atoms with van der Waals surface area (Å²) in [6, 6.07) is 4.04. The van der Waals surface area contributed by atoms with Gasteiger partial charge in [0.25, 0.3) is 0 Å². The lowest BCUT2D eigenvalue weighted by molar-refractivity contribution is 0.580. The molecule has 2 aromatic heterocycles. The molecular formula is C12H18Cl2N4. The zero-order valence-corrected chi connectivity index (χ0v) is 11.7. The van der Waals surface area contributed by atoms with E-state index in [4.69, 9.17) is 0 Å². The first-order chi connectivity index (χ1) is 7.95. The highest BCUT2D eigenvalue weighted by molar-refractivity contribution is 5.85. The maximum absolute atomic E-state index is 4.07. The van der Waals surface area contributed by atoms with Gasteiger partial charge in [0.1, 0.15) is 0 Å². The molecule has 100 valence electrons. The lowest BCUT2D eigenvalue weighted by Gasteiger charge is -2.04. The number of nitrogens with one attached hydrogen (secondary N) is 1. The Bertz CT molecular complexity index is 392. The second kappa shape index (κ2) is 9.88. The Kier molecular flexibility index (Phi) is 9.28. The van der Waals surface area contributed by atoms with Crippen LogP contribution >= 0.6 is 24.8 Å². The van der Waals surface area contributed by atoms with Gasteiger partial charge >= 0.3 is 0 Å². The molecule has 0 saturated carbocycles. The number of nitrogens with zero attached hydrogens (tertiary/aromatic N) is 3. The van der Waals surface area contributed by atoms with E-state index in [1.165, 1.54) is 5.56 Å². The first kappa shape index (κ1) is 16.9. The van der Waals surface area contributed by atoms with Gasteiger partial charge in [0.05, 0.1) is 6.33 Å². The van der Waals surface area contributed by atoms with E-state index in [1.54, 1.807) is 6.20 Å². The quantitative estimate of drug-likeness (QED) is 0.830. The summed E-state index contributed by atoms with van der Waals surface area (Å²) in [7, 11) is 0. The molecule has 0 atom stereocenters. The van der Waals surface area contributed by atoms with Crippen molar-refractivity contribution in [3.63, 3.8) is 0 Å². The number of aryl methyl sites for hydroxylation is 1. The van der Waals surface area contributed by atoms with Crippen molar-refractivity contribution in [3.05, 3.63) is 48.8 Å². The monoisotopic (exact) mass is 288 g/mol. The molecule has 0 fully saturated rings. The van der Waals surface area contributed by atoms with Crippen molar-refractivity contribution in [3.8, 4) is 0 Å². The molecule has 0 unspecified atom stereocenters. The maximum atomic E-state index is 4.07. The van der Waals surface area contributed by atoms with Crippen LogP contribution < -0.4 is 5.32 Å². The second-order valence-electron chi connectivity index (χ2n) is 3.69.